The molecule has 0 aromatic heterocycles. The van der Waals surface area contributed by atoms with Gasteiger partial charge < -0.3 is 0 Å². The Hall–Kier alpha value is -0.0800. The normalized spacial score (nSPS) is 49.7. The SMILES string of the molecule is CC12CCCC1ONC2. The predicted octanol–water partition coefficient (Wildman–Crippen LogP) is 1.08. The van der Waals surface area contributed by atoms with E-state index in [-0.39, 0.29) is 0 Å². The molecule has 1 aliphatic carbocycles. The topological polar surface area (TPSA) is 21.3 Å². The molecular formula is C7H13NO. The molecule has 0 spiro atoms. The molecule has 52 valence electrons. The minimum Gasteiger partial charge on any atom is -0.298 e. The van der Waals surface area contributed by atoms with E-state index < -0.39 is 0 Å². The van der Waals surface area contributed by atoms with E-state index in [1.165, 1.54) is 19.3 Å². The van der Waals surface area contributed by atoms with E-state index in [4.69, 9.17) is 4.84 Å². The maximum Gasteiger partial charge on any atom is 0.0856 e. The molecule has 2 unspecified atom stereocenters. The van der Waals surface area contributed by atoms with Crippen LogP contribution in [0, 0.1) is 5.41 Å². The van der Waals surface area contributed by atoms with Crippen LogP contribution in [0.5, 0.6) is 0 Å². The average Bonchev–Trinajstić information content (AvgIpc) is 2.22. The maximum atomic E-state index is 5.33. The highest BCUT2D eigenvalue weighted by Gasteiger charge is 2.43. The van der Waals surface area contributed by atoms with E-state index in [0.717, 1.165) is 6.54 Å². The lowest BCUT2D eigenvalue weighted by Gasteiger charge is -2.18. The Labute approximate surface area is 55.5 Å². The van der Waals surface area contributed by atoms with E-state index in [1.54, 1.807) is 0 Å². The fourth-order valence-electron chi connectivity index (χ4n) is 1.91. The van der Waals surface area contributed by atoms with Crippen LogP contribution in [-0.2, 0) is 4.84 Å². The zero-order valence-electron chi connectivity index (χ0n) is 5.81. The molecular weight excluding hydrogens is 114 g/mol. The van der Waals surface area contributed by atoms with Crippen LogP contribution in [0.4, 0.5) is 0 Å². The third-order valence-electron chi connectivity index (χ3n) is 2.69. The van der Waals surface area contributed by atoms with Gasteiger partial charge >= 0.3 is 0 Å². The summed E-state index contributed by atoms with van der Waals surface area (Å²) in [6, 6.07) is 0. The Balaban J connectivity index is 2.17. The van der Waals surface area contributed by atoms with Gasteiger partial charge in [0.15, 0.2) is 0 Å². The van der Waals surface area contributed by atoms with Crippen molar-refractivity contribution in [3.05, 3.63) is 0 Å². The summed E-state index contributed by atoms with van der Waals surface area (Å²) in [4.78, 5) is 5.33. The quantitative estimate of drug-likeness (QED) is 0.525. The molecule has 9 heavy (non-hydrogen) atoms. The van der Waals surface area contributed by atoms with Crippen molar-refractivity contribution in [2.24, 2.45) is 5.41 Å². The fourth-order valence-corrected chi connectivity index (χ4v) is 1.91. The molecule has 0 bridgehead atoms. The minimum absolute atomic E-state index is 0.472. The molecule has 2 rings (SSSR count). The molecule has 0 amide bonds. The van der Waals surface area contributed by atoms with E-state index in [9.17, 15) is 0 Å². The minimum atomic E-state index is 0.472. The summed E-state index contributed by atoms with van der Waals surface area (Å²) in [6.07, 6.45) is 4.45. The van der Waals surface area contributed by atoms with Crippen molar-refractivity contribution >= 4 is 0 Å². The first-order chi connectivity index (χ1) is 4.31. The van der Waals surface area contributed by atoms with Gasteiger partial charge in [0.1, 0.15) is 0 Å². The lowest BCUT2D eigenvalue weighted by atomic mass is 9.88. The molecule has 2 atom stereocenters. The Morgan fingerprint density at radius 1 is 1.67 bits per heavy atom. The average molecular weight is 127 g/mol. The predicted molar refractivity (Wildman–Crippen MR) is 34.8 cm³/mol. The van der Waals surface area contributed by atoms with Gasteiger partial charge in [0.25, 0.3) is 0 Å². The van der Waals surface area contributed by atoms with Crippen molar-refractivity contribution in [1.29, 1.82) is 0 Å². The number of hydrogen-bond acceptors (Lipinski definition) is 2. The van der Waals surface area contributed by atoms with Gasteiger partial charge in [-0.15, -0.1) is 0 Å². The first kappa shape index (κ1) is 5.69. The summed E-state index contributed by atoms with van der Waals surface area (Å²) in [6.45, 7) is 3.36. The summed E-state index contributed by atoms with van der Waals surface area (Å²) in [5.41, 5.74) is 3.44. The van der Waals surface area contributed by atoms with Crippen molar-refractivity contribution in [2.45, 2.75) is 32.3 Å². The largest absolute Gasteiger partial charge is 0.298 e. The molecule has 1 heterocycles. The third-order valence-corrected chi connectivity index (χ3v) is 2.69. The van der Waals surface area contributed by atoms with E-state index in [1.807, 2.05) is 0 Å². The summed E-state index contributed by atoms with van der Waals surface area (Å²) in [5, 5.41) is 0. The number of fused-ring (bicyclic) bond motifs is 1. The molecule has 1 N–H and O–H groups in total. The summed E-state index contributed by atoms with van der Waals surface area (Å²) >= 11 is 0. The van der Waals surface area contributed by atoms with Crippen molar-refractivity contribution in [1.82, 2.24) is 5.48 Å². The van der Waals surface area contributed by atoms with Gasteiger partial charge in [-0.1, -0.05) is 13.3 Å². The molecule has 1 saturated heterocycles. The van der Waals surface area contributed by atoms with Crippen LogP contribution in [0.1, 0.15) is 26.2 Å². The van der Waals surface area contributed by atoms with Crippen LogP contribution in [0.25, 0.3) is 0 Å². The molecule has 1 saturated carbocycles. The van der Waals surface area contributed by atoms with Crippen LogP contribution in [-0.4, -0.2) is 12.6 Å². The smallest absolute Gasteiger partial charge is 0.0856 e. The Morgan fingerprint density at radius 2 is 2.56 bits per heavy atom. The fraction of sp³-hybridized carbons (Fsp3) is 1.00. The number of hydroxylamine groups is 1. The van der Waals surface area contributed by atoms with Crippen molar-refractivity contribution in [3.8, 4) is 0 Å². The Bertz CT molecular complexity index is 114. The molecule has 2 fully saturated rings. The molecule has 2 heteroatoms. The van der Waals surface area contributed by atoms with Gasteiger partial charge in [-0.25, -0.2) is 5.48 Å². The monoisotopic (exact) mass is 127 g/mol. The van der Waals surface area contributed by atoms with E-state index >= 15 is 0 Å². The highest BCUT2D eigenvalue weighted by atomic mass is 16.7. The highest BCUT2D eigenvalue weighted by Crippen LogP contribution is 2.41. The van der Waals surface area contributed by atoms with Crippen LogP contribution < -0.4 is 5.48 Å². The first-order valence-corrected chi connectivity index (χ1v) is 3.70. The highest BCUT2D eigenvalue weighted by molar-refractivity contribution is 4.93. The zero-order valence-corrected chi connectivity index (χ0v) is 5.81. The van der Waals surface area contributed by atoms with Gasteiger partial charge in [-0.05, 0) is 12.8 Å². The van der Waals surface area contributed by atoms with E-state index in [0.29, 0.717) is 11.5 Å². The lowest BCUT2D eigenvalue weighted by molar-refractivity contribution is 0.0173. The Morgan fingerprint density at radius 3 is 3.33 bits per heavy atom. The van der Waals surface area contributed by atoms with Gasteiger partial charge in [-0.3, -0.25) is 4.84 Å². The second-order valence-electron chi connectivity index (χ2n) is 3.47. The molecule has 2 nitrogen and oxygen atoms in total. The van der Waals surface area contributed by atoms with Crippen molar-refractivity contribution in [3.63, 3.8) is 0 Å². The third kappa shape index (κ3) is 0.700. The summed E-state index contributed by atoms with van der Waals surface area (Å²) in [7, 11) is 0. The van der Waals surface area contributed by atoms with Gasteiger partial charge in [-0.2, -0.15) is 0 Å². The lowest BCUT2D eigenvalue weighted by Crippen LogP contribution is -2.23. The van der Waals surface area contributed by atoms with Crippen LogP contribution >= 0.6 is 0 Å². The van der Waals surface area contributed by atoms with Crippen LogP contribution in [0.15, 0.2) is 0 Å². The van der Waals surface area contributed by atoms with Gasteiger partial charge in [0.05, 0.1) is 6.10 Å². The van der Waals surface area contributed by atoms with Gasteiger partial charge in [0, 0.05) is 12.0 Å². The molecule has 2 aliphatic rings. The molecule has 0 aromatic carbocycles. The maximum absolute atomic E-state index is 5.33. The van der Waals surface area contributed by atoms with E-state index in [2.05, 4.69) is 12.4 Å². The number of nitrogens with one attached hydrogen (secondary N) is 1. The molecule has 0 radical (unpaired) electrons. The molecule has 1 aliphatic heterocycles. The van der Waals surface area contributed by atoms with Crippen LogP contribution in [0.3, 0.4) is 0 Å². The second kappa shape index (κ2) is 1.70. The summed E-state index contributed by atoms with van der Waals surface area (Å²) < 4.78 is 0. The van der Waals surface area contributed by atoms with Crippen molar-refractivity contribution < 1.29 is 4.84 Å². The zero-order chi connectivity index (χ0) is 6.32. The van der Waals surface area contributed by atoms with Crippen LogP contribution in [0.2, 0.25) is 0 Å². The standard InChI is InChI=1S/C7H13NO/c1-7-4-2-3-6(7)9-8-5-7/h6,8H,2-5H2,1H3. The Kier molecular flexibility index (Phi) is 1.08. The second-order valence-corrected chi connectivity index (χ2v) is 3.47. The van der Waals surface area contributed by atoms with Gasteiger partial charge in [0.2, 0.25) is 0 Å². The molecule has 0 aromatic rings. The summed E-state index contributed by atoms with van der Waals surface area (Å²) in [5.74, 6) is 0. The first-order valence-electron chi connectivity index (χ1n) is 3.70. The number of hydrogen-bond donors (Lipinski definition) is 1. The van der Waals surface area contributed by atoms with Crippen molar-refractivity contribution in [2.75, 3.05) is 6.54 Å². The number of rotatable bonds is 0.